The number of nitrogens with one attached hydrogen (secondary N) is 2. The largest absolute Gasteiger partial charge is 0.392 e. The lowest BCUT2D eigenvalue weighted by Crippen LogP contribution is -2.42. The Balaban J connectivity index is 1.27. The van der Waals surface area contributed by atoms with Gasteiger partial charge in [-0.1, -0.05) is 17.7 Å². The molecule has 0 aliphatic carbocycles. The van der Waals surface area contributed by atoms with Crippen molar-refractivity contribution in [2.75, 3.05) is 30.3 Å². The second-order valence-electron chi connectivity index (χ2n) is 7.61. The van der Waals surface area contributed by atoms with E-state index in [1.807, 2.05) is 42.5 Å². The smallest absolute Gasteiger partial charge is 0.238 e. The number of aliphatic hydroxyl groups is 1. The van der Waals surface area contributed by atoms with E-state index in [1.54, 1.807) is 12.3 Å². The molecule has 1 amide bonds. The molecule has 7 heteroatoms. The van der Waals surface area contributed by atoms with E-state index in [4.69, 9.17) is 11.6 Å². The molecule has 0 spiro atoms. The zero-order valence-electron chi connectivity index (χ0n) is 16.6. The van der Waals surface area contributed by atoms with Crippen LogP contribution in [-0.4, -0.2) is 46.6 Å². The van der Waals surface area contributed by atoms with E-state index in [0.29, 0.717) is 17.6 Å². The van der Waals surface area contributed by atoms with Gasteiger partial charge >= 0.3 is 0 Å². The monoisotopic (exact) mass is 424 g/mol. The van der Waals surface area contributed by atoms with Gasteiger partial charge in [0.2, 0.25) is 5.91 Å². The molecule has 30 heavy (non-hydrogen) atoms. The SMILES string of the molecule is O=C(CN1CCC(Nc2ccc(Cl)cc2CO)CC1)Nc1ccc2ncccc2c1. The van der Waals surface area contributed by atoms with Crippen LogP contribution in [0.2, 0.25) is 5.02 Å². The summed E-state index contributed by atoms with van der Waals surface area (Å²) in [6.07, 6.45) is 3.63. The zero-order chi connectivity index (χ0) is 20.9. The molecule has 0 atom stereocenters. The number of fused-ring (bicyclic) bond motifs is 1. The summed E-state index contributed by atoms with van der Waals surface area (Å²) >= 11 is 6.01. The highest BCUT2D eigenvalue weighted by molar-refractivity contribution is 6.30. The van der Waals surface area contributed by atoms with E-state index in [0.717, 1.165) is 53.8 Å². The van der Waals surface area contributed by atoms with Gasteiger partial charge in [0.1, 0.15) is 0 Å². The summed E-state index contributed by atoms with van der Waals surface area (Å²) < 4.78 is 0. The van der Waals surface area contributed by atoms with Gasteiger partial charge in [0.05, 0.1) is 18.7 Å². The number of nitrogens with zero attached hydrogens (tertiary/aromatic N) is 2. The van der Waals surface area contributed by atoms with Crippen LogP contribution in [0, 0.1) is 0 Å². The van der Waals surface area contributed by atoms with Gasteiger partial charge in [-0.05, 0) is 55.3 Å². The Labute approximate surface area is 180 Å². The average Bonchev–Trinajstić information content (AvgIpc) is 2.76. The molecule has 1 saturated heterocycles. The van der Waals surface area contributed by atoms with Crippen molar-refractivity contribution < 1.29 is 9.90 Å². The van der Waals surface area contributed by atoms with Crippen LogP contribution in [0.25, 0.3) is 10.9 Å². The number of piperidine rings is 1. The van der Waals surface area contributed by atoms with E-state index < -0.39 is 0 Å². The summed E-state index contributed by atoms with van der Waals surface area (Å²) in [6, 6.07) is 15.4. The van der Waals surface area contributed by atoms with Crippen molar-refractivity contribution in [1.82, 2.24) is 9.88 Å². The van der Waals surface area contributed by atoms with Crippen LogP contribution in [0.5, 0.6) is 0 Å². The number of rotatable bonds is 6. The minimum atomic E-state index is -0.0489. The number of halogens is 1. The van der Waals surface area contributed by atoms with Crippen LogP contribution < -0.4 is 10.6 Å². The lowest BCUT2D eigenvalue weighted by atomic mass is 10.0. The number of benzene rings is 2. The predicted molar refractivity (Wildman–Crippen MR) is 121 cm³/mol. The summed E-state index contributed by atoms with van der Waals surface area (Å²) in [7, 11) is 0. The van der Waals surface area contributed by atoms with Crippen LogP contribution in [-0.2, 0) is 11.4 Å². The lowest BCUT2D eigenvalue weighted by molar-refractivity contribution is -0.117. The summed E-state index contributed by atoms with van der Waals surface area (Å²) in [5, 5.41) is 17.7. The first-order chi connectivity index (χ1) is 14.6. The number of aromatic nitrogens is 1. The van der Waals surface area contributed by atoms with E-state index in [9.17, 15) is 9.90 Å². The van der Waals surface area contributed by atoms with Crippen LogP contribution >= 0.6 is 11.6 Å². The molecule has 1 aliphatic rings. The molecule has 0 unspecified atom stereocenters. The number of pyridine rings is 1. The molecule has 0 saturated carbocycles. The van der Waals surface area contributed by atoms with E-state index in [1.165, 1.54) is 0 Å². The Morgan fingerprint density at radius 3 is 2.80 bits per heavy atom. The fourth-order valence-corrected chi connectivity index (χ4v) is 4.04. The lowest BCUT2D eigenvalue weighted by Gasteiger charge is -2.32. The van der Waals surface area contributed by atoms with Gasteiger partial charge in [0.25, 0.3) is 0 Å². The Hall–Kier alpha value is -2.67. The Kier molecular flexibility index (Phi) is 6.47. The first kappa shape index (κ1) is 20.6. The van der Waals surface area contributed by atoms with Crippen molar-refractivity contribution in [3.8, 4) is 0 Å². The summed E-state index contributed by atoms with van der Waals surface area (Å²) in [5.74, 6) is -0.00934. The van der Waals surface area contributed by atoms with Crippen LogP contribution in [0.3, 0.4) is 0 Å². The van der Waals surface area contributed by atoms with Gasteiger partial charge in [-0.2, -0.15) is 0 Å². The van der Waals surface area contributed by atoms with Gasteiger partial charge in [-0.25, -0.2) is 0 Å². The second-order valence-corrected chi connectivity index (χ2v) is 8.05. The third-order valence-corrected chi connectivity index (χ3v) is 5.67. The molecule has 1 fully saturated rings. The fraction of sp³-hybridized carbons (Fsp3) is 0.304. The van der Waals surface area contributed by atoms with Crippen molar-refractivity contribution >= 4 is 39.8 Å². The Morgan fingerprint density at radius 2 is 2.00 bits per heavy atom. The van der Waals surface area contributed by atoms with Crippen LogP contribution in [0.1, 0.15) is 18.4 Å². The maximum absolute atomic E-state index is 12.5. The van der Waals surface area contributed by atoms with Gasteiger partial charge in [0, 0.05) is 52.7 Å². The van der Waals surface area contributed by atoms with Crippen molar-refractivity contribution in [2.24, 2.45) is 0 Å². The number of carbonyl (C=O) groups excluding carboxylic acids is 1. The van der Waals surface area contributed by atoms with Crippen molar-refractivity contribution in [3.63, 3.8) is 0 Å². The molecule has 0 radical (unpaired) electrons. The number of likely N-dealkylation sites (tertiary alicyclic amines) is 1. The summed E-state index contributed by atoms with van der Waals surface area (Å²) in [6.45, 7) is 2.01. The fourth-order valence-electron chi connectivity index (χ4n) is 3.85. The quantitative estimate of drug-likeness (QED) is 0.559. The number of carbonyl (C=O) groups is 1. The molecule has 156 valence electrons. The number of hydrogen-bond acceptors (Lipinski definition) is 5. The van der Waals surface area contributed by atoms with E-state index in [-0.39, 0.29) is 12.5 Å². The van der Waals surface area contributed by atoms with Crippen LogP contribution in [0.4, 0.5) is 11.4 Å². The molecule has 2 aromatic carbocycles. The Morgan fingerprint density at radius 1 is 1.17 bits per heavy atom. The molecule has 4 rings (SSSR count). The number of amides is 1. The molecular formula is C23H25ClN4O2. The third-order valence-electron chi connectivity index (χ3n) is 5.44. The minimum absolute atomic E-state index is 0.00934. The van der Waals surface area contributed by atoms with Gasteiger partial charge in [0.15, 0.2) is 0 Å². The molecule has 1 aromatic heterocycles. The Bertz CT molecular complexity index is 1030. The maximum Gasteiger partial charge on any atom is 0.238 e. The van der Waals surface area contributed by atoms with Gasteiger partial charge < -0.3 is 15.7 Å². The molecule has 1 aliphatic heterocycles. The highest BCUT2D eigenvalue weighted by atomic mass is 35.5. The topological polar surface area (TPSA) is 77.5 Å². The first-order valence-electron chi connectivity index (χ1n) is 10.1. The normalized spacial score (nSPS) is 15.3. The average molecular weight is 425 g/mol. The molecule has 3 N–H and O–H groups in total. The molecular weight excluding hydrogens is 400 g/mol. The zero-order valence-corrected chi connectivity index (χ0v) is 17.4. The molecule has 0 bridgehead atoms. The van der Waals surface area contributed by atoms with Crippen molar-refractivity contribution in [3.05, 3.63) is 65.3 Å². The first-order valence-corrected chi connectivity index (χ1v) is 10.5. The molecule has 6 nitrogen and oxygen atoms in total. The molecule has 2 heterocycles. The van der Waals surface area contributed by atoms with Gasteiger partial charge in [-0.15, -0.1) is 0 Å². The predicted octanol–water partition coefficient (Wildman–Crippen LogP) is 3.90. The highest BCUT2D eigenvalue weighted by Crippen LogP contribution is 2.24. The summed E-state index contributed by atoms with van der Waals surface area (Å²) in [5.41, 5.74) is 3.42. The standard InChI is InChI=1S/C23H25ClN4O2/c24-18-3-5-22(17(12-18)15-29)26-19-7-10-28(11-8-19)14-23(30)27-20-4-6-21-16(13-20)2-1-9-25-21/h1-6,9,12-13,19,26,29H,7-8,10-11,14-15H2,(H,27,30). The van der Waals surface area contributed by atoms with Crippen molar-refractivity contribution in [1.29, 1.82) is 0 Å². The van der Waals surface area contributed by atoms with E-state index >= 15 is 0 Å². The van der Waals surface area contributed by atoms with Gasteiger partial charge in [-0.3, -0.25) is 14.7 Å². The number of aliphatic hydroxyl groups excluding tert-OH is 1. The highest BCUT2D eigenvalue weighted by Gasteiger charge is 2.21. The van der Waals surface area contributed by atoms with E-state index in [2.05, 4.69) is 20.5 Å². The van der Waals surface area contributed by atoms with Crippen LogP contribution in [0.15, 0.2) is 54.7 Å². The number of anilines is 2. The van der Waals surface area contributed by atoms with Crippen molar-refractivity contribution in [2.45, 2.75) is 25.5 Å². The summed E-state index contributed by atoms with van der Waals surface area (Å²) in [4.78, 5) is 19.0. The maximum atomic E-state index is 12.5. The number of hydrogen-bond donors (Lipinski definition) is 3. The molecule has 3 aromatic rings. The third kappa shape index (κ3) is 5.08. The minimum Gasteiger partial charge on any atom is -0.392 e. The second kappa shape index (κ2) is 9.43.